The summed E-state index contributed by atoms with van der Waals surface area (Å²) in [6, 6.07) is 8.94. The molecule has 0 aliphatic heterocycles. The number of nitrogens with zero attached hydrogens (tertiary/aromatic N) is 1. The van der Waals surface area contributed by atoms with Crippen molar-refractivity contribution in [2.75, 3.05) is 5.32 Å². The van der Waals surface area contributed by atoms with E-state index < -0.39 is 0 Å². The van der Waals surface area contributed by atoms with E-state index in [1.807, 2.05) is 0 Å². The molecule has 1 aliphatic carbocycles. The fourth-order valence-electron chi connectivity index (χ4n) is 2.71. The molecule has 1 heterocycles. The molecule has 4 nitrogen and oxygen atoms in total. The number of hydrogen-bond donors (Lipinski definition) is 2. The molecular weight excluding hydrogens is 333 g/mol. The summed E-state index contributed by atoms with van der Waals surface area (Å²) in [4.78, 5) is 16.4. The molecule has 1 aliphatic rings. The van der Waals surface area contributed by atoms with Crippen LogP contribution in [0.15, 0.2) is 36.5 Å². The van der Waals surface area contributed by atoms with Crippen molar-refractivity contribution < 1.29 is 4.79 Å². The molecule has 1 aromatic carbocycles. The van der Waals surface area contributed by atoms with Crippen molar-refractivity contribution in [2.45, 2.75) is 31.7 Å². The number of amides is 1. The van der Waals surface area contributed by atoms with Crippen LogP contribution in [0.5, 0.6) is 0 Å². The lowest BCUT2D eigenvalue weighted by Crippen LogP contribution is -2.33. The Morgan fingerprint density at radius 3 is 2.70 bits per heavy atom. The highest BCUT2D eigenvalue weighted by Gasteiger charge is 2.18. The minimum absolute atomic E-state index is 0.141. The van der Waals surface area contributed by atoms with Gasteiger partial charge >= 0.3 is 0 Å². The van der Waals surface area contributed by atoms with Crippen LogP contribution < -0.4 is 10.6 Å². The first-order chi connectivity index (χ1) is 11.1. The summed E-state index contributed by atoms with van der Waals surface area (Å²) >= 11 is 12.1. The molecule has 0 spiro atoms. The monoisotopic (exact) mass is 349 g/mol. The molecule has 1 amide bonds. The lowest BCUT2D eigenvalue weighted by atomic mass is 10.2. The normalized spacial score (nSPS) is 14.7. The van der Waals surface area contributed by atoms with Gasteiger partial charge in [0.25, 0.3) is 5.91 Å². The molecule has 1 aromatic heterocycles. The number of pyridine rings is 1. The summed E-state index contributed by atoms with van der Waals surface area (Å²) in [5, 5.41) is 7.34. The van der Waals surface area contributed by atoms with E-state index in [2.05, 4.69) is 15.6 Å². The van der Waals surface area contributed by atoms with E-state index in [1.165, 1.54) is 12.8 Å². The van der Waals surface area contributed by atoms with Gasteiger partial charge in [0.15, 0.2) is 0 Å². The third-order valence-corrected chi connectivity index (χ3v) is 4.46. The lowest BCUT2D eigenvalue weighted by molar-refractivity contribution is 0.0933. The van der Waals surface area contributed by atoms with E-state index in [0.29, 0.717) is 21.4 Å². The summed E-state index contributed by atoms with van der Waals surface area (Å²) in [6.45, 7) is 0. The zero-order valence-corrected chi connectivity index (χ0v) is 14.0. The highest BCUT2D eigenvalue weighted by atomic mass is 35.5. The van der Waals surface area contributed by atoms with Crippen LogP contribution in [0.1, 0.15) is 36.2 Å². The Morgan fingerprint density at radius 1 is 1.13 bits per heavy atom. The number of carbonyl (C=O) groups excluding carboxylic acids is 1. The van der Waals surface area contributed by atoms with Gasteiger partial charge < -0.3 is 10.6 Å². The van der Waals surface area contributed by atoms with Gasteiger partial charge in [0.05, 0.1) is 10.7 Å². The smallest absolute Gasteiger partial charge is 0.270 e. The molecule has 23 heavy (non-hydrogen) atoms. The maximum atomic E-state index is 12.3. The summed E-state index contributed by atoms with van der Waals surface area (Å²) in [6.07, 6.45) is 6.04. The summed E-state index contributed by atoms with van der Waals surface area (Å²) in [7, 11) is 0. The molecule has 1 fully saturated rings. The van der Waals surface area contributed by atoms with Crippen molar-refractivity contribution in [3.8, 4) is 0 Å². The highest BCUT2D eigenvalue weighted by Crippen LogP contribution is 2.28. The Bertz CT molecular complexity index is 715. The number of nitrogens with one attached hydrogen (secondary N) is 2. The fraction of sp³-hybridized carbons (Fsp3) is 0.294. The molecule has 2 N–H and O–H groups in total. The minimum atomic E-state index is -0.141. The lowest BCUT2D eigenvalue weighted by Gasteiger charge is -2.13. The largest absolute Gasteiger partial charge is 0.354 e. The minimum Gasteiger partial charge on any atom is -0.354 e. The van der Waals surface area contributed by atoms with Crippen LogP contribution in [0.2, 0.25) is 10.0 Å². The third-order valence-electron chi connectivity index (χ3n) is 3.89. The van der Waals surface area contributed by atoms with Gasteiger partial charge in [0.2, 0.25) is 0 Å². The van der Waals surface area contributed by atoms with Gasteiger partial charge in [-0.05, 0) is 43.2 Å². The maximum absolute atomic E-state index is 12.3. The number of anilines is 2. The zero-order valence-electron chi connectivity index (χ0n) is 12.5. The average Bonchev–Trinajstić information content (AvgIpc) is 3.04. The van der Waals surface area contributed by atoms with E-state index in [-0.39, 0.29) is 11.9 Å². The molecular formula is C17H17Cl2N3O. The molecule has 0 radical (unpaired) electrons. The van der Waals surface area contributed by atoms with Gasteiger partial charge in [0, 0.05) is 22.9 Å². The van der Waals surface area contributed by atoms with Gasteiger partial charge in [-0.15, -0.1) is 0 Å². The number of halogens is 2. The fourth-order valence-corrected chi connectivity index (χ4v) is 3.05. The van der Waals surface area contributed by atoms with E-state index in [0.717, 1.165) is 18.5 Å². The predicted octanol–water partition coefficient (Wildman–Crippen LogP) is 4.80. The molecule has 120 valence electrons. The molecule has 2 aromatic rings. The van der Waals surface area contributed by atoms with Crippen molar-refractivity contribution in [3.63, 3.8) is 0 Å². The Hall–Kier alpha value is -1.78. The van der Waals surface area contributed by atoms with Crippen molar-refractivity contribution in [1.29, 1.82) is 0 Å². The molecule has 6 heteroatoms. The zero-order chi connectivity index (χ0) is 16.2. The van der Waals surface area contributed by atoms with Crippen molar-refractivity contribution >= 4 is 40.5 Å². The van der Waals surface area contributed by atoms with Crippen molar-refractivity contribution in [3.05, 3.63) is 52.3 Å². The van der Waals surface area contributed by atoms with Crippen LogP contribution >= 0.6 is 23.2 Å². The van der Waals surface area contributed by atoms with E-state index in [9.17, 15) is 4.79 Å². The molecule has 3 rings (SSSR count). The first-order valence-corrected chi connectivity index (χ1v) is 8.36. The van der Waals surface area contributed by atoms with E-state index >= 15 is 0 Å². The Labute approximate surface area is 145 Å². The maximum Gasteiger partial charge on any atom is 0.270 e. The van der Waals surface area contributed by atoms with Gasteiger partial charge in [0.1, 0.15) is 5.69 Å². The standard InChI is InChI=1S/C17H17Cl2N3O/c18-11-5-6-14(19)15(9-11)21-13-7-8-20-16(10-13)17(23)22-12-3-1-2-4-12/h5-10,12H,1-4H2,(H,20,21)(H,22,23). The first-order valence-electron chi connectivity index (χ1n) is 7.61. The number of rotatable bonds is 4. The number of benzene rings is 1. The summed E-state index contributed by atoms with van der Waals surface area (Å²) < 4.78 is 0. The summed E-state index contributed by atoms with van der Waals surface area (Å²) in [5.74, 6) is -0.141. The predicted molar refractivity (Wildman–Crippen MR) is 93.7 cm³/mol. The van der Waals surface area contributed by atoms with Crippen LogP contribution in [0, 0.1) is 0 Å². The van der Waals surface area contributed by atoms with Gasteiger partial charge in [-0.3, -0.25) is 9.78 Å². The highest BCUT2D eigenvalue weighted by molar-refractivity contribution is 6.35. The first kappa shape index (κ1) is 16.1. The number of aromatic nitrogens is 1. The van der Waals surface area contributed by atoms with E-state index in [1.54, 1.807) is 36.5 Å². The second kappa shape index (κ2) is 7.20. The topological polar surface area (TPSA) is 54.0 Å². The van der Waals surface area contributed by atoms with Crippen LogP contribution in [0.4, 0.5) is 11.4 Å². The second-order valence-corrected chi connectivity index (χ2v) is 6.48. The Kier molecular flexibility index (Phi) is 5.03. The number of carbonyl (C=O) groups is 1. The second-order valence-electron chi connectivity index (χ2n) is 5.63. The van der Waals surface area contributed by atoms with E-state index in [4.69, 9.17) is 23.2 Å². The molecule has 0 bridgehead atoms. The summed E-state index contributed by atoms with van der Waals surface area (Å²) in [5.41, 5.74) is 1.81. The van der Waals surface area contributed by atoms with Gasteiger partial charge in [-0.2, -0.15) is 0 Å². The van der Waals surface area contributed by atoms with Crippen LogP contribution in [-0.2, 0) is 0 Å². The van der Waals surface area contributed by atoms with Gasteiger partial charge in [-0.25, -0.2) is 0 Å². The quantitative estimate of drug-likeness (QED) is 0.832. The molecule has 0 unspecified atom stereocenters. The molecule has 0 saturated heterocycles. The Morgan fingerprint density at radius 2 is 1.91 bits per heavy atom. The number of hydrogen-bond acceptors (Lipinski definition) is 3. The molecule has 1 saturated carbocycles. The van der Waals surface area contributed by atoms with Crippen LogP contribution in [0.3, 0.4) is 0 Å². The van der Waals surface area contributed by atoms with Crippen molar-refractivity contribution in [2.24, 2.45) is 0 Å². The Balaban J connectivity index is 1.74. The SMILES string of the molecule is O=C(NC1CCCC1)c1cc(Nc2cc(Cl)ccc2Cl)ccn1. The van der Waals surface area contributed by atoms with Gasteiger partial charge in [-0.1, -0.05) is 36.0 Å². The average molecular weight is 350 g/mol. The van der Waals surface area contributed by atoms with Crippen molar-refractivity contribution in [1.82, 2.24) is 10.3 Å². The van der Waals surface area contributed by atoms with Crippen LogP contribution in [-0.4, -0.2) is 16.9 Å². The van der Waals surface area contributed by atoms with Crippen LogP contribution in [0.25, 0.3) is 0 Å². The third kappa shape index (κ3) is 4.15. The molecule has 0 atom stereocenters.